The topological polar surface area (TPSA) is 72.0 Å². The fraction of sp³-hybridized carbons (Fsp3) is 0.286. The Labute approximate surface area is 118 Å². The van der Waals surface area contributed by atoms with E-state index in [9.17, 15) is 8.42 Å². The van der Waals surface area contributed by atoms with Gasteiger partial charge in [-0.25, -0.2) is 18.4 Å². The van der Waals surface area contributed by atoms with Crippen molar-refractivity contribution >= 4 is 9.84 Å². The van der Waals surface area contributed by atoms with Gasteiger partial charge in [0.25, 0.3) is 0 Å². The van der Waals surface area contributed by atoms with Crippen LogP contribution in [0.4, 0.5) is 0 Å². The van der Waals surface area contributed by atoms with E-state index in [1.807, 2.05) is 18.2 Å². The zero-order chi connectivity index (χ0) is 14.0. The van der Waals surface area contributed by atoms with E-state index in [2.05, 4.69) is 15.3 Å². The molecule has 104 valence electrons. The number of hydrogen-bond acceptors (Lipinski definition) is 5. The molecule has 1 unspecified atom stereocenters. The molecule has 1 aliphatic heterocycles. The zero-order valence-corrected chi connectivity index (χ0v) is 11.7. The Morgan fingerprint density at radius 3 is 2.90 bits per heavy atom. The molecule has 0 amide bonds. The first-order valence-electron chi connectivity index (χ1n) is 6.47. The van der Waals surface area contributed by atoms with Gasteiger partial charge in [-0.1, -0.05) is 18.2 Å². The van der Waals surface area contributed by atoms with E-state index in [0.29, 0.717) is 17.9 Å². The number of sulfone groups is 1. The lowest BCUT2D eigenvalue weighted by atomic mass is 10.0. The Morgan fingerprint density at radius 2 is 2.10 bits per heavy atom. The van der Waals surface area contributed by atoms with Gasteiger partial charge in [-0.2, -0.15) is 0 Å². The summed E-state index contributed by atoms with van der Waals surface area (Å²) in [6.07, 6.45) is 3.80. The Balaban J connectivity index is 1.82. The highest BCUT2D eigenvalue weighted by atomic mass is 32.2. The average Bonchev–Trinajstić information content (AvgIpc) is 2.48. The highest BCUT2D eigenvalue weighted by Crippen LogP contribution is 2.31. The van der Waals surface area contributed by atoms with Crippen molar-refractivity contribution in [3.05, 3.63) is 54.1 Å². The van der Waals surface area contributed by atoms with Gasteiger partial charge in [0, 0.05) is 18.8 Å². The average molecular weight is 289 g/mol. The van der Waals surface area contributed by atoms with Gasteiger partial charge in [-0.3, -0.25) is 0 Å². The summed E-state index contributed by atoms with van der Waals surface area (Å²) in [7, 11) is -3.12. The van der Waals surface area contributed by atoms with Gasteiger partial charge in [0.05, 0.1) is 16.3 Å². The van der Waals surface area contributed by atoms with Crippen LogP contribution in [0.3, 0.4) is 0 Å². The van der Waals surface area contributed by atoms with Crippen molar-refractivity contribution in [2.45, 2.75) is 23.9 Å². The van der Waals surface area contributed by atoms with Gasteiger partial charge in [-0.15, -0.1) is 0 Å². The van der Waals surface area contributed by atoms with Crippen molar-refractivity contribution in [2.75, 3.05) is 5.75 Å². The molecule has 0 radical (unpaired) electrons. The highest BCUT2D eigenvalue weighted by Gasteiger charge is 2.29. The summed E-state index contributed by atoms with van der Waals surface area (Å²) in [4.78, 5) is 8.48. The number of aromatic nitrogens is 2. The second kappa shape index (κ2) is 5.30. The predicted octanol–water partition coefficient (Wildman–Crippen LogP) is 1.48. The van der Waals surface area contributed by atoms with E-state index in [1.165, 1.54) is 6.33 Å². The molecule has 0 spiro atoms. The molecule has 5 nitrogen and oxygen atoms in total. The van der Waals surface area contributed by atoms with Gasteiger partial charge < -0.3 is 5.32 Å². The van der Waals surface area contributed by atoms with E-state index in [1.54, 1.807) is 18.3 Å². The molecule has 1 N–H and O–H groups in total. The molecule has 6 heteroatoms. The smallest absolute Gasteiger partial charge is 0.178 e. The normalized spacial score (nSPS) is 20.3. The Kier molecular flexibility index (Phi) is 3.50. The van der Waals surface area contributed by atoms with E-state index < -0.39 is 9.84 Å². The lowest BCUT2D eigenvalue weighted by Crippen LogP contribution is -2.29. The largest absolute Gasteiger partial charge is 0.304 e. The quantitative estimate of drug-likeness (QED) is 0.926. The molecular formula is C14H15N3O2S. The number of nitrogens with one attached hydrogen (secondary N) is 1. The summed E-state index contributed by atoms with van der Waals surface area (Å²) in [5.74, 6) is 0.186. The number of rotatable bonds is 3. The highest BCUT2D eigenvalue weighted by molar-refractivity contribution is 7.91. The van der Waals surface area contributed by atoms with Crippen molar-refractivity contribution in [1.82, 2.24) is 15.3 Å². The fourth-order valence-corrected chi connectivity index (χ4v) is 4.07. The maximum atomic E-state index is 12.0. The van der Waals surface area contributed by atoms with E-state index in [-0.39, 0.29) is 11.8 Å². The molecule has 3 rings (SSSR count). The first-order valence-corrected chi connectivity index (χ1v) is 8.12. The van der Waals surface area contributed by atoms with Crippen molar-refractivity contribution in [3.63, 3.8) is 0 Å². The number of benzene rings is 1. The Bertz CT molecular complexity index is 701. The maximum absolute atomic E-state index is 12.0. The number of fused-ring (bicyclic) bond motifs is 1. The van der Waals surface area contributed by atoms with Crippen molar-refractivity contribution in [3.8, 4) is 0 Å². The third-order valence-electron chi connectivity index (χ3n) is 3.48. The van der Waals surface area contributed by atoms with Crippen LogP contribution in [0.1, 0.15) is 23.7 Å². The minimum Gasteiger partial charge on any atom is -0.304 e. The van der Waals surface area contributed by atoms with Gasteiger partial charge in [0.1, 0.15) is 6.33 Å². The molecule has 1 atom stereocenters. The van der Waals surface area contributed by atoms with Crippen LogP contribution >= 0.6 is 0 Å². The molecule has 1 aromatic carbocycles. The summed E-state index contributed by atoms with van der Waals surface area (Å²) in [5, 5.41) is 3.38. The standard InChI is InChI=1S/C14H15N3O2S/c18-20(19)8-6-13(12-3-1-2-4-14(12)20)16-9-11-5-7-15-10-17-11/h1-5,7,10,13,16H,6,8-9H2. The number of nitrogens with zero attached hydrogens (tertiary/aromatic N) is 2. The second-order valence-electron chi connectivity index (χ2n) is 4.78. The van der Waals surface area contributed by atoms with Gasteiger partial charge in [0.2, 0.25) is 0 Å². The van der Waals surface area contributed by atoms with Crippen molar-refractivity contribution < 1.29 is 8.42 Å². The van der Waals surface area contributed by atoms with Crippen molar-refractivity contribution in [1.29, 1.82) is 0 Å². The lowest BCUT2D eigenvalue weighted by Gasteiger charge is -2.26. The lowest BCUT2D eigenvalue weighted by molar-refractivity contribution is 0.488. The molecule has 1 aliphatic rings. The van der Waals surface area contributed by atoms with Crippen LogP contribution in [-0.4, -0.2) is 24.1 Å². The molecule has 0 aliphatic carbocycles. The summed E-state index contributed by atoms with van der Waals surface area (Å²) in [6, 6.07) is 9.10. The summed E-state index contributed by atoms with van der Waals surface area (Å²) < 4.78 is 24.1. The van der Waals surface area contributed by atoms with E-state index in [4.69, 9.17) is 0 Å². The van der Waals surface area contributed by atoms with Crippen LogP contribution in [0, 0.1) is 0 Å². The van der Waals surface area contributed by atoms with Crippen LogP contribution in [0.2, 0.25) is 0 Å². The molecule has 2 heterocycles. The molecule has 0 bridgehead atoms. The molecular weight excluding hydrogens is 274 g/mol. The van der Waals surface area contributed by atoms with Crippen LogP contribution in [0.15, 0.2) is 47.8 Å². The van der Waals surface area contributed by atoms with Gasteiger partial charge in [0.15, 0.2) is 9.84 Å². The minimum atomic E-state index is -3.12. The van der Waals surface area contributed by atoms with Crippen LogP contribution in [0.25, 0.3) is 0 Å². The zero-order valence-electron chi connectivity index (χ0n) is 10.9. The Morgan fingerprint density at radius 1 is 1.25 bits per heavy atom. The van der Waals surface area contributed by atoms with Crippen LogP contribution < -0.4 is 5.32 Å². The molecule has 0 saturated heterocycles. The molecule has 1 aromatic heterocycles. The summed E-state index contributed by atoms with van der Waals surface area (Å²) in [6.45, 7) is 0.599. The maximum Gasteiger partial charge on any atom is 0.178 e. The minimum absolute atomic E-state index is 0.0460. The van der Waals surface area contributed by atoms with Crippen molar-refractivity contribution in [2.24, 2.45) is 0 Å². The molecule has 2 aromatic rings. The second-order valence-corrected chi connectivity index (χ2v) is 6.86. The molecule has 20 heavy (non-hydrogen) atoms. The first-order chi connectivity index (χ1) is 9.67. The summed E-state index contributed by atoms with van der Waals surface area (Å²) >= 11 is 0. The monoisotopic (exact) mass is 289 g/mol. The van der Waals surface area contributed by atoms with Crippen LogP contribution in [0.5, 0.6) is 0 Å². The predicted molar refractivity (Wildman–Crippen MR) is 74.7 cm³/mol. The third-order valence-corrected chi connectivity index (χ3v) is 5.29. The SMILES string of the molecule is O=S1(=O)CCC(NCc2ccncn2)c2ccccc21. The fourth-order valence-electron chi connectivity index (χ4n) is 2.45. The van der Waals surface area contributed by atoms with E-state index >= 15 is 0 Å². The summed E-state index contributed by atoms with van der Waals surface area (Å²) in [5.41, 5.74) is 1.75. The Hall–Kier alpha value is -1.79. The van der Waals surface area contributed by atoms with E-state index in [0.717, 1.165) is 11.3 Å². The first kappa shape index (κ1) is 13.2. The van der Waals surface area contributed by atoms with Gasteiger partial charge in [-0.05, 0) is 24.1 Å². The third kappa shape index (κ3) is 2.57. The molecule has 0 saturated carbocycles. The molecule has 0 fully saturated rings. The van der Waals surface area contributed by atoms with Crippen LogP contribution in [-0.2, 0) is 16.4 Å². The number of hydrogen-bond donors (Lipinski definition) is 1. The van der Waals surface area contributed by atoms with Gasteiger partial charge >= 0.3 is 0 Å².